The normalized spacial score (nSPS) is 16.5. The Balaban J connectivity index is 2.05. The molecule has 1 fully saturated rings. The van der Waals surface area contributed by atoms with E-state index in [0.29, 0.717) is 18.1 Å². The Hall–Kier alpha value is -1.55. The summed E-state index contributed by atoms with van der Waals surface area (Å²) >= 11 is 5.93. The number of hydrogen-bond acceptors (Lipinski definition) is 2. The second kappa shape index (κ2) is 6.94. The van der Waals surface area contributed by atoms with Gasteiger partial charge in [0.05, 0.1) is 5.41 Å². The molecule has 1 aromatic rings. The van der Waals surface area contributed by atoms with Gasteiger partial charge in [-0.2, -0.15) is 0 Å². The third-order valence-electron chi connectivity index (χ3n) is 4.07. The summed E-state index contributed by atoms with van der Waals surface area (Å²) in [5, 5.41) is 6.31. The van der Waals surface area contributed by atoms with Gasteiger partial charge in [-0.15, -0.1) is 0 Å². The highest BCUT2D eigenvalue weighted by Crippen LogP contribution is 2.41. The van der Waals surface area contributed by atoms with Crippen LogP contribution in [-0.4, -0.2) is 24.9 Å². The van der Waals surface area contributed by atoms with Gasteiger partial charge in [0.15, 0.2) is 0 Å². The molecular weight excluding hydrogens is 288 g/mol. The Morgan fingerprint density at radius 1 is 1.10 bits per heavy atom. The summed E-state index contributed by atoms with van der Waals surface area (Å²) in [6.45, 7) is 2.37. The van der Waals surface area contributed by atoms with Crippen LogP contribution in [0.4, 0.5) is 0 Å². The third kappa shape index (κ3) is 3.76. The van der Waals surface area contributed by atoms with Crippen molar-refractivity contribution in [2.24, 2.45) is 0 Å². The van der Waals surface area contributed by atoms with Crippen molar-refractivity contribution < 1.29 is 9.59 Å². The highest BCUT2D eigenvalue weighted by molar-refractivity contribution is 6.30. The fraction of sp³-hybridized carbons (Fsp3) is 0.500. The zero-order chi connectivity index (χ0) is 15.3. The fourth-order valence-corrected chi connectivity index (χ4v) is 3.10. The lowest BCUT2D eigenvalue weighted by Gasteiger charge is -2.28. The van der Waals surface area contributed by atoms with E-state index in [1.165, 1.54) is 6.92 Å². The number of amides is 2. The Labute approximate surface area is 130 Å². The topological polar surface area (TPSA) is 58.2 Å². The van der Waals surface area contributed by atoms with Gasteiger partial charge >= 0.3 is 0 Å². The van der Waals surface area contributed by atoms with Gasteiger partial charge in [0, 0.05) is 25.0 Å². The largest absolute Gasteiger partial charge is 0.355 e. The van der Waals surface area contributed by atoms with E-state index in [-0.39, 0.29) is 11.8 Å². The maximum atomic E-state index is 12.6. The van der Waals surface area contributed by atoms with E-state index in [4.69, 9.17) is 11.6 Å². The molecule has 21 heavy (non-hydrogen) atoms. The summed E-state index contributed by atoms with van der Waals surface area (Å²) < 4.78 is 0. The molecule has 5 heteroatoms. The average molecular weight is 309 g/mol. The van der Waals surface area contributed by atoms with Gasteiger partial charge in [-0.3, -0.25) is 9.59 Å². The Morgan fingerprint density at radius 2 is 1.67 bits per heavy atom. The molecule has 0 spiro atoms. The van der Waals surface area contributed by atoms with Gasteiger partial charge in [0.25, 0.3) is 0 Å². The highest BCUT2D eigenvalue weighted by atomic mass is 35.5. The molecule has 0 heterocycles. The number of hydrogen-bond donors (Lipinski definition) is 2. The zero-order valence-electron chi connectivity index (χ0n) is 12.2. The highest BCUT2D eigenvalue weighted by Gasteiger charge is 2.42. The van der Waals surface area contributed by atoms with Crippen molar-refractivity contribution in [2.45, 2.75) is 38.0 Å². The van der Waals surface area contributed by atoms with Crippen LogP contribution in [0.1, 0.15) is 38.2 Å². The van der Waals surface area contributed by atoms with E-state index in [9.17, 15) is 9.59 Å². The first-order valence-electron chi connectivity index (χ1n) is 7.33. The van der Waals surface area contributed by atoms with E-state index < -0.39 is 5.41 Å². The molecule has 0 unspecified atom stereocenters. The molecule has 1 aliphatic carbocycles. The number of carbonyl (C=O) groups is 2. The molecule has 0 atom stereocenters. The predicted molar refractivity (Wildman–Crippen MR) is 83.3 cm³/mol. The number of rotatable bonds is 5. The zero-order valence-corrected chi connectivity index (χ0v) is 13.0. The number of carbonyl (C=O) groups excluding carboxylic acids is 2. The first-order valence-corrected chi connectivity index (χ1v) is 7.71. The van der Waals surface area contributed by atoms with E-state index in [0.717, 1.165) is 31.2 Å². The standard InChI is InChI=1S/C16H21ClN2O2/c1-12(20)18-10-11-19-15(21)16(8-2-3-9-16)13-4-6-14(17)7-5-13/h4-7H,2-3,8-11H2,1H3,(H,18,20)(H,19,21). The molecule has 1 aliphatic rings. The molecule has 2 amide bonds. The van der Waals surface area contributed by atoms with E-state index in [1.807, 2.05) is 24.3 Å². The van der Waals surface area contributed by atoms with Crippen LogP contribution in [0.15, 0.2) is 24.3 Å². The molecule has 1 saturated carbocycles. The van der Waals surface area contributed by atoms with E-state index in [1.54, 1.807) is 0 Å². The van der Waals surface area contributed by atoms with Gasteiger partial charge in [0.2, 0.25) is 11.8 Å². The Morgan fingerprint density at radius 3 is 2.24 bits per heavy atom. The van der Waals surface area contributed by atoms with Gasteiger partial charge < -0.3 is 10.6 Å². The molecule has 4 nitrogen and oxygen atoms in total. The van der Waals surface area contributed by atoms with Crippen LogP contribution < -0.4 is 10.6 Å². The van der Waals surface area contributed by atoms with Gasteiger partial charge in [-0.1, -0.05) is 36.6 Å². The molecule has 2 N–H and O–H groups in total. The summed E-state index contributed by atoms with van der Waals surface area (Å²) in [5.41, 5.74) is 0.585. The minimum Gasteiger partial charge on any atom is -0.355 e. The van der Waals surface area contributed by atoms with Gasteiger partial charge in [-0.25, -0.2) is 0 Å². The molecule has 114 valence electrons. The molecule has 0 aliphatic heterocycles. The second-order valence-corrected chi connectivity index (χ2v) is 5.97. The summed E-state index contributed by atoms with van der Waals surface area (Å²) in [6.07, 6.45) is 3.84. The monoisotopic (exact) mass is 308 g/mol. The van der Waals surface area contributed by atoms with Crippen molar-refractivity contribution >= 4 is 23.4 Å². The number of halogens is 1. The van der Waals surface area contributed by atoms with Crippen LogP contribution in [0.3, 0.4) is 0 Å². The lowest BCUT2D eigenvalue weighted by molar-refractivity contribution is -0.127. The molecule has 0 bridgehead atoms. The number of nitrogens with one attached hydrogen (secondary N) is 2. The van der Waals surface area contributed by atoms with Crippen LogP contribution in [0.2, 0.25) is 5.02 Å². The van der Waals surface area contributed by atoms with Crippen molar-refractivity contribution in [1.82, 2.24) is 10.6 Å². The molecule has 0 aromatic heterocycles. The van der Waals surface area contributed by atoms with Crippen molar-refractivity contribution in [1.29, 1.82) is 0 Å². The quantitative estimate of drug-likeness (QED) is 0.821. The second-order valence-electron chi connectivity index (χ2n) is 5.53. The maximum absolute atomic E-state index is 12.6. The van der Waals surface area contributed by atoms with E-state index in [2.05, 4.69) is 10.6 Å². The van der Waals surface area contributed by atoms with Crippen molar-refractivity contribution in [3.05, 3.63) is 34.9 Å². The first kappa shape index (κ1) is 15.8. The van der Waals surface area contributed by atoms with Crippen LogP contribution in [-0.2, 0) is 15.0 Å². The van der Waals surface area contributed by atoms with Crippen molar-refractivity contribution in [3.8, 4) is 0 Å². The SMILES string of the molecule is CC(=O)NCCNC(=O)C1(c2ccc(Cl)cc2)CCCC1. The molecule has 1 aromatic carbocycles. The smallest absolute Gasteiger partial charge is 0.230 e. The average Bonchev–Trinajstić information content (AvgIpc) is 2.94. The van der Waals surface area contributed by atoms with Gasteiger partial charge in [-0.05, 0) is 30.5 Å². The Kier molecular flexibility index (Phi) is 5.23. The van der Waals surface area contributed by atoms with Crippen LogP contribution in [0.5, 0.6) is 0 Å². The first-order chi connectivity index (χ1) is 10.0. The summed E-state index contributed by atoms with van der Waals surface area (Å²) in [4.78, 5) is 23.5. The Bertz CT molecular complexity index is 508. The lowest BCUT2D eigenvalue weighted by atomic mass is 9.78. The van der Waals surface area contributed by atoms with Crippen LogP contribution in [0, 0.1) is 0 Å². The lowest BCUT2D eigenvalue weighted by Crippen LogP contribution is -2.45. The third-order valence-corrected chi connectivity index (χ3v) is 4.33. The predicted octanol–water partition coefficient (Wildman–Crippen LogP) is 2.40. The molecule has 0 radical (unpaired) electrons. The van der Waals surface area contributed by atoms with Crippen LogP contribution in [0.25, 0.3) is 0 Å². The van der Waals surface area contributed by atoms with Crippen molar-refractivity contribution in [2.75, 3.05) is 13.1 Å². The summed E-state index contributed by atoms with van der Waals surface area (Å²) in [5.74, 6) is -0.0368. The minimum atomic E-state index is -0.444. The molecule has 0 saturated heterocycles. The van der Waals surface area contributed by atoms with Crippen molar-refractivity contribution in [3.63, 3.8) is 0 Å². The van der Waals surface area contributed by atoms with Gasteiger partial charge in [0.1, 0.15) is 0 Å². The summed E-state index contributed by atoms with van der Waals surface area (Å²) in [7, 11) is 0. The minimum absolute atomic E-state index is 0.0488. The number of benzene rings is 1. The summed E-state index contributed by atoms with van der Waals surface area (Å²) in [6, 6.07) is 7.56. The van der Waals surface area contributed by atoms with E-state index >= 15 is 0 Å². The molecular formula is C16H21ClN2O2. The fourth-order valence-electron chi connectivity index (χ4n) is 2.98. The molecule has 2 rings (SSSR count). The van der Waals surface area contributed by atoms with Crippen LogP contribution >= 0.6 is 11.6 Å². The maximum Gasteiger partial charge on any atom is 0.230 e.